The number of hydrogen-bond donors (Lipinski definition) is 1. The van der Waals surface area contributed by atoms with Crippen LogP contribution in [0.5, 0.6) is 11.5 Å². The van der Waals surface area contributed by atoms with Crippen LogP contribution in [0.3, 0.4) is 0 Å². The highest BCUT2D eigenvalue weighted by molar-refractivity contribution is 6.06. The van der Waals surface area contributed by atoms with Crippen molar-refractivity contribution < 1.29 is 19.2 Å². The molecule has 0 radical (unpaired) electrons. The van der Waals surface area contributed by atoms with E-state index in [2.05, 4.69) is 5.32 Å². The van der Waals surface area contributed by atoms with Crippen molar-refractivity contribution in [2.45, 2.75) is 6.92 Å². The summed E-state index contributed by atoms with van der Waals surface area (Å²) in [6.07, 6.45) is 1.87. The molecule has 4 aromatic rings. The average molecular weight is 432 g/mol. The molecule has 1 amide bonds. The largest absolute Gasteiger partial charge is 0.493 e. The van der Waals surface area contributed by atoms with Crippen LogP contribution in [0.25, 0.3) is 16.9 Å². The molecule has 32 heavy (non-hydrogen) atoms. The number of nitrogens with one attached hydrogen (secondary N) is 1. The molecular weight excluding hydrogens is 412 g/mol. The average Bonchev–Trinajstić information content (AvgIpc) is 3.15. The summed E-state index contributed by atoms with van der Waals surface area (Å²) in [4.78, 5) is 28.0. The first-order valence-corrected chi connectivity index (χ1v) is 9.68. The molecule has 2 aromatic carbocycles. The van der Waals surface area contributed by atoms with Gasteiger partial charge in [0.25, 0.3) is 11.6 Å². The molecule has 0 bridgehead atoms. The normalized spacial score (nSPS) is 10.7. The van der Waals surface area contributed by atoms with Crippen LogP contribution in [0.1, 0.15) is 15.9 Å². The number of nitro benzene ring substituents is 1. The highest BCUT2D eigenvalue weighted by atomic mass is 16.6. The van der Waals surface area contributed by atoms with Crippen LogP contribution < -0.4 is 14.8 Å². The minimum Gasteiger partial charge on any atom is -0.493 e. The van der Waals surface area contributed by atoms with E-state index in [-0.39, 0.29) is 11.3 Å². The fourth-order valence-electron chi connectivity index (χ4n) is 3.37. The van der Waals surface area contributed by atoms with E-state index in [1.54, 1.807) is 30.8 Å². The van der Waals surface area contributed by atoms with Gasteiger partial charge in [0.05, 0.1) is 19.1 Å². The highest BCUT2D eigenvalue weighted by Crippen LogP contribution is 2.36. The van der Waals surface area contributed by atoms with E-state index in [0.29, 0.717) is 28.7 Å². The molecule has 0 aliphatic rings. The molecule has 0 saturated heterocycles. The number of ether oxygens (including phenoxy) is 2. The van der Waals surface area contributed by atoms with Crippen molar-refractivity contribution in [2.24, 2.45) is 0 Å². The number of hydrogen-bond acceptors (Lipinski definition) is 6. The van der Waals surface area contributed by atoms with E-state index in [9.17, 15) is 14.9 Å². The third-order valence-corrected chi connectivity index (χ3v) is 5.00. The number of amides is 1. The zero-order chi connectivity index (χ0) is 22.8. The maximum Gasteiger partial charge on any atom is 0.269 e. The Hall–Kier alpha value is -4.40. The number of imidazole rings is 1. The summed E-state index contributed by atoms with van der Waals surface area (Å²) in [5.74, 6) is 1.17. The molecule has 0 unspecified atom stereocenters. The van der Waals surface area contributed by atoms with Crippen molar-refractivity contribution in [1.82, 2.24) is 9.38 Å². The molecule has 0 aliphatic heterocycles. The Morgan fingerprint density at radius 3 is 2.41 bits per heavy atom. The minimum atomic E-state index is -0.510. The lowest BCUT2D eigenvalue weighted by molar-refractivity contribution is -0.384. The Morgan fingerprint density at radius 1 is 1.03 bits per heavy atom. The fraction of sp³-hybridized carbons (Fsp3) is 0.130. The summed E-state index contributed by atoms with van der Waals surface area (Å²) in [6.45, 7) is 1.94. The van der Waals surface area contributed by atoms with Gasteiger partial charge in [-0.05, 0) is 48.9 Å². The van der Waals surface area contributed by atoms with Gasteiger partial charge in [0.2, 0.25) is 0 Å². The molecule has 2 aromatic heterocycles. The number of nitrogens with zero attached hydrogens (tertiary/aromatic N) is 3. The molecule has 0 spiro atoms. The Labute approximate surface area is 183 Å². The Bertz CT molecular complexity index is 1330. The Balaban J connectivity index is 1.80. The van der Waals surface area contributed by atoms with Gasteiger partial charge in [-0.25, -0.2) is 4.98 Å². The Morgan fingerprint density at radius 2 is 1.75 bits per heavy atom. The maximum atomic E-state index is 13.0. The molecule has 1 N–H and O–H groups in total. The van der Waals surface area contributed by atoms with Gasteiger partial charge in [-0.15, -0.1) is 0 Å². The van der Waals surface area contributed by atoms with Crippen LogP contribution in [0.4, 0.5) is 11.5 Å². The third-order valence-electron chi connectivity index (χ3n) is 5.00. The second kappa shape index (κ2) is 8.38. The molecular formula is C23H20N4O5. The molecule has 2 heterocycles. The highest BCUT2D eigenvalue weighted by Gasteiger charge is 2.19. The van der Waals surface area contributed by atoms with Crippen LogP contribution in [0.2, 0.25) is 0 Å². The van der Waals surface area contributed by atoms with Crippen molar-refractivity contribution in [3.63, 3.8) is 0 Å². The second-order valence-corrected chi connectivity index (χ2v) is 7.07. The SMILES string of the molecule is COc1ccc(-c2nc3ccc(C)cn3c2NC(=O)c2ccc([N+](=O)[O-])cc2)cc1OC. The van der Waals surface area contributed by atoms with E-state index >= 15 is 0 Å². The lowest BCUT2D eigenvalue weighted by Gasteiger charge is -2.11. The van der Waals surface area contributed by atoms with Crippen LogP contribution in [-0.2, 0) is 0 Å². The summed E-state index contributed by atoms with van der Waals surface area (Å²) in [5.41, 5.74) is 3.11. The molecule has 4 rings (SSSR count). The first-order valence-electron chi connectivity index (χ1n) is 9.68. The zero-order valence-electron chi connectivity index (χ0n) is 17.7. The van der Waals surface area contributed by atoms with E-state index < -0.39 is 10.8 Å². The third kappa shape index (κ3) is 3.83. The standard InChI is InChI=1S/C23H20N4O5/c1-14-4-11-20-24-21(16-7-10-18(31-2)19(12-16)32-3)22(26(20)13-14)25-23(28)15-5-8-17(9-6-15)27(29)30/h4-13H,1-3H3,(H,25,28). The summed E-state index contributed by atoms with van der Waals surface area (Å²) >= 11 is 0. The fourth-order valence-corrected chi connectivity index (χ4v) is 3.37. The van der Waals surface area contributed by atoms with Crippen LogP contribution in [0, 0.1) is 17.0 Å². The first-order chi connectivity index (χ1) is 15.4. The molecule has 0 atom stereocenters. The second-order valence-electron chi connectivity index (χ2n) is 7.07. The minimum absolute atomic E-state index is 0.0852. The first kappa shape index (κ1) is 20.9. The van der Waals surface area contributed by atoms with Gasteiger partial charge in [-0.1, -0.05) is 6.07 Å². The number of rotatable bonds is 6. The van der Waals surface area contributed by atoms with Gasteiger partial charge in [0.15, 0.2) is 11.5 Å². The lowest BCUT2D eigenvalue weighted by atomic mass is 10.1. The van der Waals surface area contributed by atoms with Crippen LogP contribution >= 0.6 is 0 Å². The van der Waals surface area contributed by atoms with Crippen LogP contribution in [0.15, 0.2) is 60.8 Å². The Kier molecular flexibility index (Phi) is 5.46. The number of methoxy groups -OCH3 is 2. The summed E-state index contributed by atoms with van der Waals surface area (Å²) < 4.78 is 12.5. The van der Waals surface area contributed by atoms with Gasteiger partial charge in [-0.2, -0.15) is 0 Å². The predicted molar refractivity (Wildman–Crippen MR) is 120 cm³/mol. The van der Waals surface area contributed by atoms with Gasteiger partial charge in [-0.3, -0.25) is 19.3 Å². The number of pyridine rings is 1. The number of nitro groups is 1. The smallest absolute Gasteiger partial charge is 0.269 e. The molecule has 9 nitrogen and oxygen atoms in total. The maximum absolute atomic E-state index is 13.0. The monoisotopic (exact) mass is 432 g/mol. The van der Waals surface area contributed by atoms with Crippen molar-refractivity contribution >= 4 is 23.1 Å². The van der Waals surface area contributed by atoms with Gasteiger partial charge in [0, 0.05) is 29.5 Å². The number of non-ortho nitro benzene ring substituents is 1. The van der Waals surface area contributed by atoms with Gasteiger partial charge < -0.3 is 14.8 Å². The van der Waals surface area contributed by atoms with Crippen LogP contribution in [-0.4, -0.2) is 34.4 Å². The van der Waals surface area contributed by atoms with Gasteiger partial charge in [0.1, 0.15) is 17.2 Å². The summed E-state index contributed by atoms with van der Waals surface area (Å²) in [7, 11) is 3.10. The zero-order valence-corrected chi connectivity index (χ0v) is 17.7. The van der Waals surface area contributed by atoms with Crippen molar-refractivity contribution in [3.05, 3.63) is 82.0 Å². The van der Waals surface area contributed by atoms with Crippen molar-refractivity contribution in [2.75, 3.05) is 19.5 Å². The molecule has 0 fully saturated rings. The van der Waals surface area contributed by atoms with Crippen molar-refractivity contribution in [3.8, 4) is 22.8 Å². The van der Waals surface area contributed by atoms with E-state index in [1.807, 2.05) is 31.3 Å². The molecule has 0 saturated carbocycles. The predicted octanol–water partition coefficient (Wildman–Crippen LogP) is 4.49. The van der Waals surface area contributed by atoms with Crippen molar-refractivity contribution in [1.29, 1.82) is 0 Å². The summed E-state index contributed by atoms with van der Waals surface area (Å²) in [6, 6.07) is 14.6. The topological polar surface area (TPSA) is 108 Å². The quantitative estimate of drug-likeness (QED) is 0.355. The van der Waals surface area contributed by atoms with Gasteiger partial charge >= 0.3 is 0 Å². The van der Waals surface area contributed by atoms with E-state index in [0.717, 1.165) is 11.1 Å². The lowest BCUT2D eigenvalue weighted by Crippen LogP contribution is -2.14. The number of aromatic nitrogens is 2. The summed E-state index contributed by atoms with van der Waals surface area (Å²) in [5, 5.41) is 13.8. The van der Waals surface area contributed by atoms with E-state index in [1.165, 1.54) is 24.3 Å². The number of benzene rings is 2. The molecule has 9 heteroatoms. The molecule has 0 aliphatic carbocycles. The van der Waals surface area contributed by atoms with E-state index in [4.69, 9.17) is 14.5 Å². The number of anilines is 1. The molecule has 162 valence electrons. The number of carbonyl (C=O) groups is 1. The number of carbonyl (C=O) groups excluding carboxylic acids is 1. The number of aryl methyl sites for hydroxylation is 1. The number of fused-ring (bicyclic) bond motifs is 1.